The van der Waals surface area contributed by atoms with Crippen molar-refractivity contribution in [3.63, 3.8) is 0 Å². The third-order valence-electron chi connectivity index (χ3n) is 4.82. The second-order valence-corrected chi connectivity index (χ2v) is 7.20. The molecule has 0 unspecified atom stereocenters. The molecule has 6 heteroatoms. The van der Waals surface area contributed by atoms with E-state index in [1.165, 1.54) is 32.4 Å². The summed E-state index contributed by atoms with van der Waals surface area (Å²) in [5.41, 5.74) is 6.96. The van der Waals surface area contributed by atoms with Crippen LogP contribution in [-0.4, -0.2) is 49.0 Å². The summed E-state index contributed by atoms with van der Waals surface area (Å²) in [6.07, 6.45) is 3.92. The Balaban J connectivity index is 1.82. The molecule has 1 aromatic rings. The van der Waals surface area contributed by atoms with Gasteiger partial charge >= 0.3 is 0 Å². The highest BCUT2D eigenvalue weighted by molar-refractivity contribution is 5.92. The van der Waals surface area contributed by atoms with Gasteiger partial charge in [0.25, 0.3) is 0 Å². The minimum Gasteiger partial charge on any atom is -0.366 e. The van der Waals surface area contributed by atoms with Gasteiger partial charge in [-0.1, -0.05) is 18.6 Å². The topological polar surface area (TPSA) is 82.7 Å². The van der Waals surface area contributed by atoms with E-state index in [1.807, 2.05) is 12.1 Å². The van der Waals surface area contributed by atoms with Crippen molar-refractivity contribution in [3.05, 3.63) is 35.4 Å². The van der Waals surface area contributed by atoms with Crippen molar-refractivity contribution in [3.8, 4) is 0 Å². The lowest BCUT2D eigenvalue weighted by Crippen LogP contribution is -2.54. The molecule has 1 aromatic carbocycles. The maximum absolute atomic E-state index is 11.1. The van der Waals surface area contributed by atoms with Gasteiger partial charge in [-0.25, -0.2) is 0 Å². The summed E-state index contributed by atoms with van der Waals surface area (Å²) in [5.74, 6) is 0.376. The Morgan fingerprint density at radius 2 is 1.80 bits per heavy atom. The highest BCUT2D eigenvalue weighted by atomic mass is 16.1. The van der Waals surface area contributed by atoms with Crippen LogP contribution in [0.2, 0.25) is 0 Å². The molecule has 0 spiro atoms. The molecule has 1 amide bonds. The van der Waals surface area contributed by atoms with Crippen LogP contribution in [-0.2, 0) is 6.54 Å². The van der Waals surface area contributed by atoms with E-state index in [1.54, 1.807) is 19.2 Å². The summed E-state index contributed by atoms with van der Waals surface area (Å²) in [7, 11) is 1.78. The predicted molar refractivity (Wildman–Crippen MR) is 103 cm³/mol. The number of nitrogens with zero attached hydrogens (tertiary/aromatic N) is 2. The summed E-state index contributed by atoms with van der Waals surface area (Å²) >= 11 is 0. The van der Waals surface area contributed by atoms with E-state index in [4.69, 9.17) is 5.73 Å². The molecule has 0 bridgehead atoms. The standard InChI is InChI=1S/C19H31N5O/c1-19(2,24-11-5-4-6-12-24)14-23-18(21-3)22-13-15-7-9-16(10-8-15)17(20)25/h7-10H,4-6,11-14H2,1-3H3,(H2,20,25)(H2,21,22,23). The molecule has 0 atom stereocenters. The number of hydrogen-bond donors (Lipinski definition) is 3. The molecule has 1 saturated heterocycles. The zero-order chi connectivity index (χ0) is 18.3. The zero-order valence-corrected chi connectivity index (χ0v) is 15.6. The fraction of sp³-hybridized carbons (Fsp3) is 0.579. The lowest BCUT2D eigenvalue weighted by molar-refractivity contribution is 0.0982. The second kappa shape index (κ2) is 8.85. The first-order valence-electron chi connectivity index (χ1n) is 9.01. The first-order chi connectivity index (χ1) is 11.9. The first kappa shape index (κ1) is 19.2. The van der Waals surface area contributed by atoms with Gasteiger partial charge < -0.3 is 16.4 Å². The van der Waals surface area contributed by atoms with Crippen LogP contribution in [0.15, 0.2) is 29.3 Å². The highest BCUT2D eigenvalue weighted by Gasteiger charge is 2.27. The molecule has 0 aliphatic carbocycles. The highest BCUT2D eigenvalue weighted by Crippen LogP contribution is 2.19. The number of benzene rings is 1. The summed E-state index contributed by atoms with van der Waals surface area (Å²) < 4.78 is 0. The fourth-order valence-corrected chi connectivity index (χ4v) is 3.10. The molecule has 1 aliphatic rings. The normalized spacial score (nSPS) is 16.5. The first-order valence-corrected chi connectivity index (χ1v) is 9.01. The van der Waals surface area contributed by atoms with Gasteiger partial charge in [0.05, 0.1) is 0 Å². The fourth-order valence-electron chi connectivity index (χ4n) is 3.10. The number of nitrogens with one attached hydrogen (secondary N) is 2. The third-order valence-corrected chi connectivity index (χ3v) is 4.82. The second-order valence-electron chi connectivity index (χ2n) is 7.20. The van der Waals surface area contributed by atoms with E-state index < -0.39 is 5.91 Å². The lowest BCUT2D eigenvalue weighted by atomic mass is 9.98. The smallest absolute Gasteiger partial charge is 0.248 e. The number of nitrogens with two attached hydrogens (primary N) is 1. The number of guanidine groups is 1. The number of carbonyl (C=O) groups is 1. The van der Waals surface area contributed by atoms with Crippen LogP contribution in [0, 0.1) is 0 Å². The lowest BCUT2D eigenvalue weighted by Gasteiger charge is -2.41. The van der Waals surface area contributed by atoms with Crippen LogP contribution < -0.4 is 16.4 Å². The number of aliphatic imine (C=N–C) groups is 1. The molecule has 0 aromatic heterocycles. The van der Waals surface area contributed by atoms with E-state index >= 15 is 0 Å². The third kappa shape index (κ3) is 5.74. The van der Waals surface area contributed by atoms with Gasteiger partial charge in [0, 0.05) is 31.2 Å². The van der Waals surface area contributed by atoms with Crippen LogP contribution in [0.25, 0.3) is 0 Å². The van der Waals surface area contributed by atoms with E-state index in [2.05, 4.69) is 34.4 Å². The average molecular weight is 345 g/mol. The molecule has 0 saturated carbocycles. The maximum Gasteiger partial charge on any atom is 0.248 e. The Hall–Kier alpha value is -2.08. The van der Waals surface area contributed by atoms with Gasteiger partial charge in [-0.3, -0.25) is 14.7 Å². The van der Waals surface area contributed by atoms with Crippen molar-refractivity contribution in [1.82, 2.24) is 15.5 Å². The zero-order valence-electron chi connectivity index (χ0n) is 15.6. The molecule has 138 valence electrons. The minimum atomic E-state index is -0.406. The minimum absolute atomic E-state index is 0.0984. The number of likely N-dealkylation sites (tertiary alicyclic amines) is 1. The van der Waals surface area contributed by atoms with Crippen LogP contribution in [0.1, 0.15) is 49.0 Å². The molecule has 6 nitrogen and oxygen atoms in total. The molecular weight excluding hydrogens is 314 g/mol. The number of amides is 1. The Labute approximate surface area is 150 Å². The van der Waals surface area contributed by atoms with Crippen LogP contribution in [0.4, 0.5) is 0 Å². The van der Waals surface area contributed by atoms with Gasteiger partial charge in [0.15, 0.2) is 5.96 Å². The average Bonchev–Trinajstić information content (AvgIpc) is 2.63. The van der Waals surface area contributed by atoms with Gasteiger partial charge in [-0.2, -0.15) is 0 Å². The molecule has 1 aliphatic heterocycles. The summed E-state index contributed by atoms with van der Waals surface area (Å²) in [5, 5.41) is 6.74. The van der Waals surface area contributed by atoms with Crippen LogP contribution in [0.5, 0.6) is 0 Å². The summed E-state index contributed by atoms with van der Waals surface area (Å²) in [6.45, 7) is 8.39. The Kier molecular flexibility index (Phi) is 6.82. The number of carbonyl (C=O) groups excluding carboxylic acids is 1. The molecule has 1 heterocycles. The summed E-state index contributed by atoms with van der Waals surface area (Å²) in [6, 6.07) is 7.29. The van der Waals surface area contributed by atoms with E-state index in [9.17, 15) is 4.79 Å². The molecule has 1 fully saturated rings. The maximum atomic E-state index is 11.1. The number of hydrogen-bond acceptors (Lipinski definition) is 3. The van der Waals surface area contributed by atoms with Crippen molar-refractivity contribution in [2.75, 3.05) is 26.7 Å². The Bertz CT molecular complexity index is 588. The van der Waals surface area contributed by atoms with Gasteiger partial charge in [-0.05, 0) is 57.5 Å². The predicted octanol–water partition coefficient (Wildman–Crippen LogP) is 1.71. The Morgan fingerprint density at radius 1 is 1.16 bits per heavy atom. The van der Waals surface area contributed by atoms with Gasteiger partial charge in [0.1, 0.15) is 0 Å². The van der Waals surface area contributed by atoms with E-state index in [0.717, 1.165) is 18.1 Å². The number of piperidine rings is 1. The molecule has 25 heavy (non-hydrogen) atoms. The molecule has 0 radical (unpaired) electrons. The Morgan fingerprint density at radius 3 is 2.36 bits per heavy atom. The van der Waals surface area contributed by atoms with Crippen LogP contribution in [0.3, 0.4) is 0 Å². The molecule has 2 rings (SSSR count). The van der Waals surface area contributed by atoms with Crippen molar-refractivity contribution < 1.29 is 4.79 Å². The largest absolute Gasteiger partial charge is 0.366 e. The van der Waals surface area contributed by atoms with Crippen molar-refractivity contribution in [1.29, 1.82) is 0 Å². The van der Waals surface area contributed by atoms with Crippen LogP contribution >= 0.6 is 0 Å². The quantitative estimate of drug-likeness (QED) is 0.541. The number of primary amides is 1. The number of rotatable bonds is 6. The van der Waals surface area contributed by atoms with Crippen molar-refractivity contribution in [2.24, 2.45) is 10.7 Å². The monoisotopic (exact) mass is 345 g/mol. The molecular formula is C19H31N5O. The van der Waals surface area contributed by atoms with Gasteiger partial charge in [-0.15, -0.1) is 0 Å². The molecule has 4 N–H and O–H groups in total. The summed E-state index contributed by atoms with van der Waals surface area (Å²) in [4.78, 5) is 18.0. The van der Waals surface area contributed by atoms with Gasteiger partial charge in [0.2, 0.25) is 5.91 Å². The van der Waals surface area contributed by atoms with E-state index in [-0.39, 0.29) is 5.54 Å². The van der Waals surface area contributed by atoms with E-state index in [0.29, 0.717) is 12.1 Å². The SMILES string of the molecule is CN=C(NCc1ccc(C(N)=O)cc1)NCC(C)(C)N1CCCCC1. The van der Waals surface area contributed by atoms with Crippen molar-refractivity contribution in [2.45, 2.75) is 45.2 Å². The van der Waals surface area contributed by atoms with Crippen molar-refractivity contribution >= 4 is 11.9 Å².